The summed E-state index contributed by atoms with van der Waals surface area (Å²) in [4.78, 5) is 2.63. The highest BCUT2D eigenvalue weighted by Gasteiger charge is 2.31. The first-order valence-corrected chi connectivity index (χ1v) is 7.32. The fraction of sp³-hybridized carbons (Fsp3) is 0.846. The Morgan fingerprint density at radius 3 is 2.74 bits per heavy atom. The van der Waals surface area contributed by atoms with E-state index in [9.17, 15) is 0 Å². The number of hydrogen-bond acceptors (Lipinski definition) is 5. The molecule has 2 N–H and O–H groups in total. The van der Waals surface area contributed by atoms with E-state index in [1.807, 2.05) is 6.20 Å². The van der Waals surface area contributed by atoms with E-state index in [1.54, 1.807) is 4.68 Å². The Balaban J connectivity index is 1.39. The number of aliphatic hydroxyl groups is 1. The molecule has 0 radical (unpaired) electrons. The normalized spacial score (nSPS) is 21.9. The predicted octanol–water partition coefficient (Wildman–Crippen LogP) is -0.0132. The first kappa shape index (κ1) is 13.0. The molecule has 6 heteroatoms. The zero-order valence-corrected chi connectivity index (χ0v) is 11.3. The van der Waals surface area contributed by atoms with Crippen molar-refractivity contribution in [3.63, 3.8) is 0 Å². The maximum Gasteiger partial charge on any atom is 0.0964 e. The number of nitrogens with zero attached hydrogens (tertiary/aromatic N) is 4. The average molecular weight is 265 g/mol. The fourth-order valence-electron chi connectivity index (χ4n) is 2.79. The zero-order valence-electron chi connectivity index (χ0n) is 11.3. The van der Waals surface area contributed by atoms with Gasteiger partial charge in [-0.15, -0.1) is 5.10 Å². The van der Waals surface area contributed by atoms with Crippen LogP contribution < -0.4 is 5.32 Å². The topological polar surface area (TPSA) is 66.2 Å². The molecule has 0 spiro atoms. The van der Waals surface area contributed by atoms with Crippen molar-refractivity contribution in [1.82, 2.24) is 25.2 Å². The Morgan fingerprint density at radius 2 is 2.05 bits per heavy atom. The van der Waals surface area contributed by atoms with Crippen LogP contribution in [0.5, 0.6) is 0 Å². The highest BCUT2D eigenvalue weighted by Crippen LogP contribution is 2.29. The minimum absolute atomic E-state index is 0.107. The van der Waals surface area contributed by atoms with Gasteiger partial charge in [-0.05, 0) is 38.8 Å². The number of hydrogen-bond donors (Lipinski definition) is 2. The molecule has 1 saturated heterocycles. The van der Waals surface area contributed by atoms with E-state index in [0.29, 0.717) is 12.6 Å². The lowest BCUT2D eigenvalue weighted by atomic mass is 10.0. The molecule has 0 bridgehead atoms. The van der Waals surface area contributed by atoms with Gasteiger partial charge in [0, 0.05) is 24.8 Å². The summed E-state index contributed by atoms with van der Waals surface area (Å²) >= 11 is 0. The molecular formula is C13H23N5O. The number of rotatable bonds is 6. The van der Waals surface area contributed by atoms with Crippen molar-refractivity contribution in [2.24, 2.45) is 0 Å². The molecule has 0 amide bonds. The summed E-state index contributed by atoms with van der Waals surface area (Å²) in [6.45, 7) is 3.88. The van der Waals surface area contributed by atoms with Crippen molar-refractivity contribution in [1.29, 1.82) is 0 Å². The van der Waals surface area contributed by atoms with Crippen LogP contribution in [0.3, 0.4) is 0 Å². The van der Waals surface area contributed by atoms with Crippen LogP contribution in [0.15, 0.2) is 6.20 Å². The standard InChI is InChI=1S/C13H23N5O/c19-8-7-18-10-12(15-16-18)9-14-11-3-5-17(6-4-11)13-1-2-13/h10-11,13-14,19H,1-9H2. The Labute approximate surface area is 113 Å². The Bertz CT molecular complexity index is 395. The minimum Gasteiger partial charge on any atom is -0.394 e. The Hall–Kier alpha value is -0.980. The molecule has 1 saturated carbocycles. The van der Waals surface area contributed by atoms with Gasteiger partial charge in [-0.3, -0.25) is 0 Å². The van der Waals surface area contributed by atoms with E-state index in [4.69, 9.17) is 5.11 Å². The first-order chi connectivity index (χ1) is 9.35. The van der Waals surface area contributed by atoms with Crippen LogP contribution in [0.4, 0.5) is 0 Å². The summed E-state index contributed by atoms with van der Waals surface area (Å²) in [5.41, 5.74) is 0.957. The smallest absolute Gasteiger partial charge is 0.0964 e. The van der Waals surface area contributed by atoms with Gasteiger partial charge in [-0.2, -0.15) is 0 Å². The third-order valence-corrected chi connectivity index (χ3v) is 4.08. The summed E-state index contributed by atoms with van der Waals surface area (Å²) in [7, 11) is 0. The molecule has 0 unspecified atom stereocenters. The van der Waals surface area contributed by atoms with Crippen molar-refractivity contribution in [3.05, 3.63) is 11.9 Å². The van der Waals surface area contributed by atoms with Crippen LogP contribution in [0.1, 0.15) is 31.4 Å². The van der Waals surface area contributed by atoms with Crippen LogP contribution in [-0.2, 0) is 13.1 Å². The van der Waals surface area contributed by atoms with E-state index in [2.05, 4.69) is 20.5 Å². The second-order valence-electron chi connectivity index (χ2n) is 5.62. The van der Waals surface area contributed by atoms with Crippen LogP contribution in [0, 0.1) is 0 Å². The molecule has 2 aliphatic rings. The highest BCUT2D eigenvalue weighted by atomic mass is 16.3. The van der Waals surface area contributed by atoms with Crippen LogP contribution in [-0.4, -0.2) is 56.8 Å². The van der Waals surface area contributed by atoms with Gasteiger partial charge in [0.25, 0.3) is 0 Å². The van der Waals surface area contributed by atoms with E-state index in [0.717, 1.165) is 18.3 Å². The van der Waals surface area contributed by atoms with E-state index < -0.39 is 0 Å². The van der Waals surface area contributed by atoms with Gasteiger partial charge in [-0.1, -0.05) is 5.21 Å². The quantitative estimate of drug-likeness (QED) is 0.757. The largest absolute Gasteiger partial charge is 0.394 e. The van der Waals surface area contributed by atoms with Gasteiger partial charge in [0.05, 0.1) is 18.8 Å². The van der Waals surface area contributed by atoms with Gasteiger partial charge in [0.2, 0.25) is 0 Å². The van der Waals surface area contributed by atoms with Gasteiger partial charge in [0.15, 0.2) is 0 Å². The van der Waals surface area contributed by atoms with E-state index in [-0.39, 0.29) is 6.61 Å². The number of piperidine rings is 1. The third-order valence-electron chi connectivity index (χ3n) is 4.08. The summed E-state index contributed by atoms with van der Waals surface area (Å²) < 4.78 is 1.69. The molecule has 19 heavy (non-hydrogen) atoms. The molecule has 106 valence electrons. The summed E-state index contributed by atoms with van der Waals surface area (Å²) in [6.07, 6.45) is 7.20. The summed E-state index contributed by atoms with van der Waals surface area (Å²) in [5.74, 6) is 0. The Morgan fingerprint density at radius 1 is 1.26 bits per heavy atom. The van der Waals surface area contributed by atoms with Crippen LogP contribution in [0.25, 0.3) is 0 Å². The highest BCUT2D eigenvalue weighted by molar-refractivity contribution is 4.94. The molecule has 1 aromatic rings. The number of nitrogens with one attached hydrogen (secondary N) is 1. The molecule has 1 aromatic heterocycles. The van der Waals surface area contributed by atoms with Crippen molar-refractivity contribution in [2.45, 2.75) is 50.9 Å². The molecule has 2 fully saturated rings. The molecule has 1 aliphatic carbocycles. The molecular weight excluding hydrogens is 242 g/mol. The molecule has 0 aromatic carbocycles. The number of aromatic nitrogens is 3. The molecule has 2 heterocycles. The lowest BCUT2D eigenvalue weighted by Crippen LogP contribution is -2.43. The first-order valence-electron chi connectivity index (χ1n) is 7.32. The molecule has 6 nitrogen and oxygen atoms in total. The maximum atomic E-state index is 8.83. The molecule has 3 rings (SSSR count). The number of aliphatic hydroxyl groups excluding tert-OH is 1. The van der Waals surface area contributed by atoms with Crippen LogP contribution >= 0.6 is 0 Å². The maximum absolute atomic E-state index is 8.83. The zero-order chi connectivity index (χ0) is 13.1. The Kier molecular flexibility index (Phi) is 4.10. The van der Waals surface area contributed by atoms with Gasteiger partial charge < -0.3 is 15.3 Å². The van der Waals surface area contributed by atoms with Crippen LogP contribution in [0.2, 0.25) is 0 Å². The van der Waals surface area contributed by atoms with Gasteiger partial charge >= 0.3 is 0 Å². The van der Waals surface area contributed by atoms with E-state index >= 15 is 0 Å². The van der Waals surface area contributed by atoms with Crippen molar-refractivity contribution in [2.75, 3.05) is 19.7 Å². The molecule has 1 aliphatic heterocycles. The summed E-state index contributed by atoms with van der Waals surface area (Å²) in [5, 5.41) is 20.5. The van der Waals surface area contributed by atoms with E-state index in [1.165, 1.54) is 38.8 Å². The number of likely N-dealkylation sites (tertiary alicyclic amines) is 1. The average Bonchev–Trinajstić information content (AvgIpc) is 3.19. The van der Waals surface area contributed by atoms with Crippen molar-refractivity contribution in [3.8, 4) is 0 Å². The minimum atomic E-state index is 0.107. The van der Waals surface area contributed by atoms with Crippen molar-refractivity contribution >= 4 is 0 Å². The lowest BCUT2D eigenvalue weighted by molar-refractivity contribution is 0.189. The van der Waals surface area contributed by atoms with Gasteiger partial charge in [0.1, 0.15) is 0 Å². The van der Waals surface area contributed by atoms with Gasteiger partial charge in [-0.25, -0.2) is 4.68 Å². The monoisotopic (exact) mass is 265 g/mol. The van der Waals surface area contributed by atoms with Crippen molar-refractivity contribution < 1.29 is 5.11 Å². The SMILES string of the molecule is OCCn1cc(CNC2CCN(C3CC3)CC2)nn1. The fourth-order valence-corrected chi connectivity index (χ4v) is 2.79. The predicted molar refractivity (Wildman–Crippen MR) is 71.6 cm³/mol. The lowest BCUT2D eigenvalue weighted by Gasteiger charge is -2.32. The second kappa shape index (κ2) is 5.98. The third kappa shape index (κ3) is 3.52. The second-order valence-corrected chi connectivity index (χ2v) is 5.62. The molecule has 0 atom stereocenters. The summed E-state index contributed by atoms with van der Waals surface area (Å²) in [6, 6.07) is 1.51.